The molecule has 2 heterocycles. The van der Waals surface area contributed by atoms with Crippen molar-refractivity contribution in [3.05, 3.63) is 11.4 Å². The average molecular weight is 278 g/mol. The lowest BCUT2D eigenvalue weighted by atomic mass is 10.1. The van der Waals surface area contributed by atoms with Gasteiger partial charge in [-0.05, 0) is 30.7 Å². The number of thiophene rings is 1. The van der Waals surface area contributed by atoms with Crippen LogP contribution in [0.2, 0.25) is 0 Å². The van der Waals surface area contributed by atoms with E-state index in [1.54, 1.807) is 11.3 Å². The van der Waals surface area contributed by atoms with Gasteiger partial charge < -0.3 is 10.2 Å². The van der Waals surface area contributed by atoms with Crippen LogP contribution in [-0.4, -0.2) is 30.1 Å². The van der Waals surface area contributed by atoms with E-state index in [4.69, 9.17) is 0 Å². The first-order chi connectivity index (χ1) is 9.11. The molecule has 0 bridgehead atoms. The fourth-order valence-electron chi connectivity index (χ4n) is 1.93. The molecule has 5 heteroatoms. The van der Waals surface area contributed by atoms with Crippen molar-refractivity contribution < 1.29 is 0 Å². The van der Waals surface area contributed by atoms with Crippen LogP contribution in [0.25, 0.3) is 10.2 Å². The van der Waals surface area contributed by atoms with Crippen molar-refractivity contribution in [2.24, 2.45) is 5.92 Å². The molecule has 0 aliphatic carbocycles. The summed E-state index contributed by atoms with van der Waals surface area (Å²) in [5.41, 5.74) is 0. The van der Waals surface area contributed by atoms with Crippen molar-refractivity contribution in [1.29, 1.82) is 0 Å². The van der Waals surface area contributed by atoms with Crippen molar-refractivity contribution in [2.45, 2.75) is 27.2 Å². The van der Waals surface area contributed by atoms with Gasteiger partial charge in [-0.25, -0.2) is 4.98 Å². The van der Waals surface area contributed by atoms with E-state index >= 15 is 0 Å². The molecule has 0 aromatic carbocycles. The summed E-state index contributed by atoms with van der Waals surface area (Å²) in [6.07, 6.45) is 1.17. The maximum absolute atomic E-state index is 4.65. The molecule has 0 aliphatic heterocycles. The van der Waals surface area contributed by atoms with Gasteiger partial charge in [0.25, 0.3) is 0 Å². The monoisotopic (exact) mass is 278 g/mol. The van der Waals surface area contributed by atoms with Gasteiger partial charge in [0.1, 0.15) is 10.6 Å². The molecule has 0 spiro atoms. The normalized spacial score (nSPS) is 11.2. The molecule has 0 saturated heterocycles. The van der Waals surface area contributed by atoms with Crippen LogP contribution in [0.4, 0.5) is 11.8 Å². The molecule has 0 atom stereocenters. The van der Waals surface area contributed by atoms with Crippen molar-refractivity contribution in [3.63, 3.8) is 0 Å². The van der Waals surface area contributed by atoms with E-state index in [1.807, 2.05) is 0 Å². The maximum atomic E-state index is 4.65. The Morgan fingerprint density at radius 3 is 2.84 bits per heavy atom. The van der Waals surface area contributed by atoms with Crippen LogP contribution >= 0.6 is 11.3 Å². The van der Waals surface area contributed by atoms with E-state index in [2.05, 4.69) is 59.4 Å². The van der Waals surface area contributed by atoms with Gasteiger partial charge >= 0.3 is 0 Å². The fraction of sp³-hybridized carbons (Fsp3) is 0.571. The lowest BCUT2D eigenvalue weighted by Gasteiger charge is -2.20. The number of nitrogens with zero attached hydrogens (tertiary/aromatic N) is 3. The number of rotatable bonds is 6. The third-order valence-corrected chi connectivity index (χ3v) is 3.85. The zero-order valence-electron chi connectivity index (χ0n) is 12.1. The van der Waals surface area contributed by atoms with Crippen LogP contribution in [0.15, 0.2) is 11.4 Å². The van der Waals surface area contributed by atoms with Crippen LogP contribution in [0.5, 0.6) is 0 Å². The third kappa shape index (κ3) is 3.35. The summed E-state index contributed by atoms with van der Waals surface area (Å²) >= 11 is 1.67. The average Bonchev–Trinajstić information content (AvgIpc) is 2.83. The largest absolute Gasteiger partial charge is 0.359 e. The van der Waals surface area contributed by atoms with Crippen molar-refractivity contribution in [1.82, 2.24) is 9.97 Å². The second-order valence-corrected chi connectivity index (χ2v) is 6.04. The van der Waals surface area contributed by atoms with Gasteiger partial charge in [0.2, 0.25) is 5.95 Å². The number of nitrogens with one attached hydrogen (secondary N) is 1. The summed E-state index contributed by atoms with van der Waals surface area (Å²) in [6, 6.07) is 2.11. The molecular weight excluding hydrogens is 256 g/mol. The summed E-state index contributed by atoms with van der Waals surface area (Å²) in [4.78, 5) is 12.5. The zero-order chi connectivity index (χ0) is 13.8. The van der Waals surface area contributed by atoms with Gasteiger partial charge in [-0.3, -0.25) is 0 Å². The highest BCUT2D eigenvalue weighted by Crippen LogP contribution is 2.28. The molecule has 104 valence electrons. The molecule has 2 aromatic rings. The fourth-order valence-corrected chi connectivity index (χ4v) is 2.68. The molecule has 0 radical (unpaired) electrons. The van der Waals surface area contributed by atoms with Crippen LogP contribution < -0.4 is 10.2 Å². The van der Waals surface area contributed by atoms with E-state index in [0.717, 1.165) is 35.1 Å². The van der Waals surface area contributed by atoms with Crippen molar-refractivity contribution >= 4 is 33.3 Å². The first kappa shape index (κ1) is 14.1. The first-order valence-electron chi connectivity index (χ1n) is 6.82. The summed E-state index contributed by atoms with van der Waals surface area (Å²) in [7, 11) is 2.11. The van der Waals surface area contributed by atoms with Gasteiger partial charge in [-0.15, -0.1) is 11.3 Å². The standard InChI is InChI=1S/C14H22N4S/c1-5-15-14-16-12(18(4)8-6-10(2)3)11-7-9-19-13(11)17-14/h7,9-10H,5-6,8H2,1-4H3,(H,15,16,17). The van der Waals surface area contributed by atoms with Crippen molar-refractivity contribution in [3.8, 4) is 0 Å². The molecule has 4 nitrogen and oxygen atoms in total. The topological polar surface area (TPSA) is 41.1 Å². The van der Waals surface area contributed by atoms with E-state index in [-0.39, 0.29) is 0 Å². The van der Waals surface area contributed by atoms with Crippen LogP contribution in [-0.2, 0) is 0 Å². The molecule has 0 fully saturated rings. The first-order valence-corrected chi connectivity index (χ1v) is 7.70. The van der Waals surface area contributed by atoms with E-state index < -0.39 is 0 Å². The molecule has 2 rings (SSSR count). The molecule has 0 saturated carbocycles. The molecule has 1 N–H and O–H groups in total. The Hall–Kier alpha value is -1.36. The highest BCUT2D eigenvalue weighted by molar-refractivity contribution is 7.16. The van der Waals surface area contributed by atoms with Crippen molar-refractivity contribution in [2.75, 3.05) is 30.4 Å². The Morgan fingerprint density at radius 2 is 2.16 bits per heavy atom. The van der Waals surface area contributed by atoms with Gasteiger partial charge in [0.15, 0.2) is 0 Å². The molecule has 2 aromatic heterocycles. The second kappa shape index (κ2) is 6.19. The predicted molar refractivity (Wildman–Crippen MR) is 84.3 cm³/mol. The number of hydrogen-bond donors (Lipinski definition) is 1. The summed E-state index contributed by atoms with van der Waals surface area (Å²) in [5.74, 6) is 2.46. The number of hydrogen-bond acceptors (Lipinski definition) is 5. The highest BCUT2D eigenvalue weighted by Gasteiger charge is 2.12. The maximum Gasteiger partial charge on any atom is 0.226 e. The number of fused-ring (bicyclic) bond motifs is 1. The summed E-state index contributed by atoms with van der Waals surface area (Å²) in [5, 5.41) is 6.44. The van der Waals surface area contributed by atoms with E-state index in [0.29, 0.717) is 5.92 Å². The Labute approximate surface area is 118 Å². The third-order valence-electron chi connectivity index (χ3n) is 3.04. The molecule has 0 unspecified atom stereocenters. The Bertz CT molecular complexity index is 535. The summed E-state index contributed by atoms with van der Waals surface area (Å²) < 4.78 is 0. The Balaban J connectivity index is 2.31. The Morgan fingerprint density at radius 1 is 1.37 bits per heavy atom. The van der Waals surface area contributed by atoms with Gasteiger partial charge in [0.05, 0.1) is 5.39 Å². The smallest absolute Gasteiger partial charge is 0.226 e. The minimum absolute atomic E-state index is 0.704. The van der Waals surface area contributed by atoms with Gasteiger partial charge in [0, 0.05) is 20.1 Å². The van der Waals surface area contributed by atoms with Gasteiger partial charge in [-0.2, -0.15) is 4.98 Å². The Kier molecular flexibility index (Phi) is 4.58. The van der Waals surface area contributed by atoms with E-state index in [1.165, 1.54) is 6.42 Å². The second-order valence-electron chi connectivity index (χ2n) is 5.14. The highest BCUT2D eigenvalue weighted by atomic mass is 32.1. The minimum Gasteiger partial charge on any atom is -0.359 e. The lowest BCUT2D eigenvalue weighted by Crippen LogP contribution is -2.22. The molecular formula is C14H22N4S. The summed E-state index contributed by atoms with van der Waals surface area (Å²) in [6.45, 7) is 8.41. The lowest BCUT2D eigenvalue weighted by molar-refractivity contribution is 0.584. The number of anilines is 2. The minimum atomic E-state index is 0.704. The predicted octanol–water partition coefficient (Wildman–Crippen LogP) is 3.61. The number of aromatic nitrogens is 2. The van der Waals surface area contributed by atoms with Crippen LogP contribution in [0, 0.1) is 5.92 Å². The van der Waals surface area contributed by atoms with Gasteiger partial charge in [-0.1, -0.05) is 13.8 Å². The van der Waals surface area contributed by atoms with E-state index in [9.17, 15) is 0 Å². The van der Waals surface area contributed by atoms with Crippen LogP contribution in [0.1, 0.15) is 27.2 Å². The molecule has 19 heavy (non-hydrogen) atoms. The molecule has 0 aliphatic rings. The van der Waals surface area contributed by atoms with Crippen LogP contribution in [0.3, 0.4) is 0 Å². The quantitative estimate of drug-likeness (QED) is 0.876. The molecule has 0 amide bonds. The zero-order valence-corrected chi connectivity index (χ0v) is 12.9. The SMILES string of the molecule is CCNc1nc(N(C)CCC(C)C)c2ccsc2n1.